The van der Waals surface area contributed by atoms with E-state index in [2.05, 4.69) is 0 Å². The Hall–Kier alpha value is -1.92. The van der Waals surface area contributed by atoms with Gasteiger partial charge in [0.15, 0.2) is 0 Å². The van der Waals surface area contributed by atoms with Crippen LogP contribution < -0.4 is 0 Å². The Balaban J connectivity index is 1.63. The van der Waals surface area contributed by atoms with Crippen LogP contribution in [0.4, 0.5) is 0 Å². The van der Waals surface area contributed by atoms with Gasteiger partial charge in [-0.15, -0.1) is 11.3 Å². The predicted octanol–water partition coefficient (Wildman–Crippen LogP) is 2.46. The minimum absolute atomic E-state index is 0.0683. The van der Waals surface area contributed by atoms with Gasteiger partial charge in [0.05, 0.1) is 16.9 Å². The highest BCUT2D eigenvalue weighted by atomic mass is 32.1. The van der Waals surface area contributed by atoms with E-state index in [1.54, 1.807) is 4.90 Å². The molecule has 2 fully saturated rings. The van der Waals surface area contributed by atoms with Gasteiger partial charge in [-0.25, -0.2) is 0 Å². The maximum Gasteiger partial charge on any atom is 0.311 e. The lowest BCUT2D eigenvalue weighted by Crippen LogP contribution is -2.45. The molecule has 1 aromatic heterocycles. The molecule has 6 heteroatoms. The van der Waals surface area contributed by atoms with E-state index in [4.69, 9.17) is 4.74 Å². The van der Waals surface area contributed by atoms with Crippen molar-refractivity contribution in [2.24, 2.45) is 11.3 Å². The van der Waals surface area contributed by atoms with Crippen molar-refractivity contribution in [1.82, 2.24) is 4.90 Å². The summed E-state index contributed by atoms with van der Waals surface area (Å²) < 4.78 is 6.51. The third kappa shape index (κ3) is 2.24. The molecule has 2 aliphatic heterocycles. The SMILES string of the molecule is O=C(c1cc2ccccc2s1)N1C[C@@H]2COCC[C@]2(C(=O)O)C1. The number of thiophene rings is 1. The van der Waals surface area contributed by atoms with Crippen molar-refractivity contribution >= 4 is 33.3 Å². The second-order valence-corrected chi connectivity index (χ2v) is 7.40. The van der Waals surface area contributed by atoms with Crippen LogP contribution in [0.25, 0.3) is 10.1 Å². The number of carbonyl (C=O) groups excluding carboxylic acids is 1. The standard InChI is InChI=1S/C17H17NO4S/c19-15(14-7-11-3-1-2-4-13(11)23-14)18-8-12-9-22-6-5-17(12,10-18)16(20)21/h1-4,7,12H,5-6,8-10H2,(H,20,21)/t12-,17+/m1/s1. The van der Waals surface area contributed by atoms with Crippen molar-refractivity contribution in [3.63, 3.8) is 0 Å². The molecule has 2 aromatic rings. The average Bonchev–Trinajstić information content (AvgIpc) is 3.16. The smallest absolute Gasteiger partial charge is 0.311 e. The van der Waals surface area contributed by atoms with Crippen LogP contribution in [-0.4, -0.2) is 48.2 Å². The fraction of sp³-hybridized carbons (Fsp3) is 0.412. The Bertz CT molecular complexity index is 753. The third-order valence-electron chi connectivity index (χ3n) is 5.06. The van der Waals surface area contributed by atoms with E-state index in [0.717, 1.165) is 10.1 Å². The van der Waals surface area contributed by atoms with Gasteiger partial charge in [-0.05, 0) is 23.9 Å². The lowest BCUT2D eigenvalue weighted by Gasteiger charge is -2.33. The number of aliphatic carboxylic acids is 1. The number of carboxylic acids is 1. The molecule has 2 aliphatic rings. The van der Waals surface area contributed by atoms with Gasteiger partial charge in [0.25, 0.3) is 5.91 Å². The second kappa shape index (κ2) is 5.32. The van der Waals surface area contributed by atoms with Crippen LogP contribution in [0.3, 0.4) is 0 Å². The first-order valence-electron chi connectivity index (χ1n) is 7.69. The monoisotopic (exact) mass is 331 g/mol. The van der Waals surface area contributed by atoms with Gasteiger partial charge >= 0.3 is 5.97 Å². The number of rotatable bonds is 2. The molecule has 0 bridgehead atoms. The molecule has 120 valence electrons. The van der Waals surface area contributed by atoms with Crippen molar-refractivity contribution in [3.8, 4) is 0 Å². The van der Waals surface area contributed by atoms with Crippen molar-refractivity contribution in [1.29, 1.82) is 0 Å². The highest BCUT2D eigenvalue weighted by Crippen LogP contribution is 2.43. The van der Waals surface area contributed by atoms with Crippen LogP contribution in [0, 0.1) is 11.3 Å². The van der Waals surface area contributed by atoms with E-state index in [0.29, 0.717) is 31.1 Å². The molecule has 1 N–H and O–H groups in total. The van der Waals surface area contributed by atoms with Crippen LogP contribution in [0.1, 0.15) is 16.1 Å². The molecule has 0 radical (unpaired) electrons. The maximum atomic E-state index is 12.8. The zero-order valence-corrected chi connectivity index (χ0v) is 13.3. The van der Waals surface area contributed by atoms with Crippen LogP contribution in [0.15, 0.2) is 30.3 Å². The lowest BCUT2D eigenvalue weighted by atomic mass is 9.74. The maximum absolute atomic E-state index is 12.8. The van der Waals surface area contributed by atoms with Crippen LogP contribution in [0.5, 0.6) is 0 Å². The summed E-state index contributed by atoms with van der Waals surface area (Å²) in [5.74, 6) is -0.995. The molecular formula is C17H17NO4S. The summed E-state index contributed by atoms with van der Waals surface area (Å²) >= 11 is 1.46. The van der Waals surface area contributed by atoms with Gasteiger partial charge < -0.3 is 14.7 Å². The van der Waals surface area contributed by atoms with Crippen molar-refractivity contribution in [3.05, 3.63) is 35.2 Å². The number of amides is 1. The van der Waals surface area contributed by atoms with Crippen molar-refractivity contribution < 1.29 is 19.4 Å². The summed E-state index contributed by atoms with van der Waals surface area (Å²) in [5.41, 5.74) is -0.843. The fourth-order valence-electron chi connectivity index (χ4n) is 3.70. The number of fused-ring (bicyclic) bond motifs is 2. The molecule has 0 aliphatic carbocycles. The normalized spacial score (nSPS) is 27.1. The zero-order chi connectivity index (χ0) is 16.0. The molecule has 0 unspecified atom stereocenters. The summed E-state index contributed by atoms with van der Waals surface area (Å²) in [4.78, 5) is 27.0. The Morgan fingerprint density at radius 1 is 1.35 bits per heavy atom. The highest BCUT2D eigenvalue weighted by molar-refractivity contribution is 7.20. The minimum atomic E-state index is -0.843. The molecule has 0 spiro atoms. The molecule has 23 heavy (non-hydrogen) atoms. The summed E-state index contributed by atoms with van der Waals surface area (Å²) in [6, 6.07) is 9.78. The number of carbonyl (C=O) groups is 2. The topological polar surface area (TPSA) is 66.8 Å². The Kier molecular flexibility index (Phi) is 3.39. The Morgan fingerprint density at radius 3 is 2.91 bits per heavy atom. The number of hydrogen-bond acceptors (Lipinski definition) is 4. The number of nitrogens with zero attached hydrogens (tertiary/aromatic N) is 1. The molecule has 5 nitrogen and oxygen atoms in total. The molecule has 2 atom stereocenters. The first-order chi connectivity index (χ1) is 11.1. The average molecular weight is 331 g/mol. The van der Waals surface area contributed by atoms with Gasteiger partial charge in [0, 0.05) is 30.3 Å². The van der Waals surface area contributed by atoms with E-state index in [-0.39, 0.29) is 18.4 Å². The highest BCUT2D eigenvalue weighted by Gasteiger charge is 2.55. The lowest BCUT2D eigenvalue weighted by molar-refractivity contribution is -0.157. The quantitative estimate of drug-likeness (QED) is 0.918. The first-order valence-corrected chi connectivity index (χ1v) is 8.51. The number of hydrogen-bond donors (Lipinski definition) is 1. The molecule has 3 heterocycles. The summed E-state index contributed by atoms with van der Waals surface area (Å²) in [5, 5.41) is 10.7. The Morgan fingerprint density at radius 2 is 2.17 bits per heavy atom. The predicted molar refractivity (Wildman–Crippen MR) is 86.7 cm³/mol. The van der Waals surface area contributed by atoms with Crippen LogP contribution in [-0.2, 0) is 9.53 Å². The first kappa shape index (κ1) is 14.7. The molecular weight excluding hydrogens is 314 g/mol. The van der Waals surface area contributed by atoms with Gasteiger partial charge in [0.2, 0.25) is 0 Å². The van der Waals surface area contributed by atoms with Crippen LogP contribution in [0.2, 0.25) is 0 Å². The van der Waals surface area contributed by atoms with E-state index in [1.165, 1.54) is 11.3 Å². The summed E-state index contributed by atoms with van der Waals surface area (Å²) in [6.45, 7) is 1.61. The zero-order valence-electron chi connectivity index (χ0n) is 12.5. The molecule has 0 saturated carbocycles. The molecule has 1 amide bonds. The molecule has 4 rings (SSSR count). The summed E-state index contributed by atoms with van der Waals surface area (Å²) in [7, 11) is 0. The third-order valence-corrected chi connectivity index (χ3v) is 6.16. The van der Waals surface area contributed by atoms with Gasteiger partial charge in [-0.1, -0.05) is 18.2 Å². The van der Waals surface area contributed by atoms with E-state index >= 15 is 0 Å². The number of likely N-dealkylation sites (tertiary alicyclic amines) is 1. The summed E-state index contributed by atoms with van der Waals surface area (Å²) in [6.07, 6.45) is 0.475. The van der Waals surface area contributed by atoms with E-state index in [1.807, 2.05) is 30.3 Å². The van der Waals surface area contributed by atoms with Gasteiger partial charge in [0.1, 0.15) is 0 Å². The second-order valence-electron chi connectivity index (χ2n) is 6.32. The van der Waals surface area contributed by atoms with Crippen LogP contribution >= 0.6 is 11.3 Å². The van der Waals surface area contributed by atoms with Gasteiger partial charge in [-0.2, -0.15) is 0 Å². The largest absolute Gasteiger partial charge is 0.481 e. The minimum Gasteiger partial charge on any atom is -0.481 e. The number of ether oxygens (including phenoxy) is 1. The van der Waals surface area contributed by atoms with E-state index < -0.39 is 11.4 Å². The molecule has 1 aromatic carbocycles. The van der Waals surface area contributed by atoms with Crippen molar-refractivity contribution in [2.75, 3.05) is 26.3 Å². The van der Waals surface area contributed by atoms with Crippen molar-refractivity contribution in [2.45, 2.75) is 6.42 Å². The number of benzene rings is 1. The van der Waals surface area contributed by atoms with E-state index in [9.17, 15) is 14.7 Å². The molecule has 2 saturated heterocycles. The fourth-order valence-corrected chi connectivity index (χ4v) is 4.73. The van der Waals surface area contributed by atoms with Gasteiger partial charge in [-0.3, -0.25) is 9.59 Å². The Labute approximate surface area is 137 Å². The number of carboxylic acid groups (broad SMARTS) is 1.